The van der Waals surface area contributed by atoms with E-state index in [4.69, 9.17) is 4.74 Å². The van der Waals surface area contributed by atoms with Crippen LogP contribution in [0.5, 0.6) is 5.75 Å². The van der Waals surface area contributed by atoms with Crippen molar-refractivity contribution in [1.82, 2.24) is 9.55 Å². The second-order valence-electron chi connectivity index (χ2n) is 3.92. The highest BCUT2D eigenvalue weighted by Crippen LogP contribution is 2.33. The van der Waals surface area contributed by atoms with Crippen LogP contribution in [0.4, 0.5) is 0 Å². The Hall–Kier alpha value is -0.560. The first-order chi connectivity index (χ1) is 8.24. The highest BCUT2D eigenvalue weighted by Gasteiger charge is 2.16. The van der Waals surface area contributed by atoms with Gasteiger partial charge in [-0.3, -0.25) is 0 Å². The van der Waals surface area contributed by atoms with Crippen LogP contribution in [0, 0.1) is 3.70 Å². The predicted octanol–water partition coefficient (Wildman–Crippen LogP) is 3.70. The first-order valence-corrected chi connectivity index (χ1v) is 7.26. The number of imidazole rings is 1. The van der Waals surface area contributed by atoms with Crippen molar-refractivity contribution in [3.63, 3.8) is 0 Å². The highest BCUT2D eigenvalue weighted by atomic mass is 127. The number of hydrogen-bond donors (Lipinski definition) is 0. The van der Waals surface area contributed by atoms with E-state index in [0.717, 1.165) is 44.9 Å². The summed E-state index contributed by atoms with van der Waals surface area (Å²) in [5.74, 6) is 1.90. The maximum absolute atomic E-state index is 5.79. The molecule has 0 bridgehead atoms. The molecule has 0 spiro atoms. The zero-order valence-electron chi connectivity index (χ0n) is 8.99. The monoisotopic (exact) mass is 404 g/mol. The Morgan fingerprint density at radius 2 is 2.29 bits per heavy atom. The van der Waals surface area contributed by atoms with E-state index in [-0.39, 0.29) is 0 Å². The lowest BCUT2D eigenvalue weighted by Crippen LogP contribution is -2.09. The fourth-order valence-corrected chi connectivity index (χ4v) is 2.89. The topological polar surface area (TPSA) is 27.1 Å². The van der Waals surface area contributed by atoms with Gasteiger partial charge in [0.15, 0.2) is 0 Å². The Labute approximate surface area is 121 Å². The second kappa shape index (κ2) is 4.61. The molecule has 0 N–H and O–H groups in total. The molecule has 88 valence electrons. The quantitative estimate of drug-likeness (QED) is 0.626. The fourth-order valence-electron chi connectivity index (χ4n) is 1.99. The molecule has 0 atom stereocenters. The van der Waals surface area contributed by atoms with Gasteiger partial charge in [0.2, 0.25) is 0 Å². The summed E-state index contributed by atoms with van der Waals surface area (Å²) in [6.45, 7) is 1.71. The third-order valence-electron chi connectivity index (χ3n) is 2.73. The lowest BCUT2D eigenvalue weighted by molar-refractivity contribution is 0.298. The van der Waals surface area contributed by atoms with E-state index in [1.165, 1.54) is 0 Å². The van der Waals surface area contributed by atoms with Crippen molar-refractivity contribution < 1.29 is 4.74 Å². The van der Waals surface area contributed by atoms with Gasteiger partial charge in [0.25, 0.3) is 0 Å². The summed E-state index contributed by atoms with van der Waals surface area (Å²) in [5, 5.41) is 0. The lowest BCUT2D eigenvalue weighted by atomic mass is 10.1. The van der Waals surface area contributed by atoms with Crippen molar-refractivity contribution in [1.29, 1.82) is 0 Å². The minimum atomic E-state index is 0.748. The minimum Gasteiger partial charge on any atom is -0.493 e. The molecule has 1 aromatic carbocycles. The van der Waals surface area contributed by atoms with Gasteiger partial charge in [-0.15, -0.1) is 0 Å². The van der Waals surface area contributed by atoms with E-state index >= 15 is 0 Å². The first-order valence-electron chi connectivity index (χ1n) is 5.39. The average molecular weight is 405 g/mol. The zero-order valence-corrected chi connectivity index (χ0v) is 12.7. The molecule has 0 radical (unpaired) electrons. The van der Waals surface area contributed by atoms with Crippen LogP contribution in [0.2, 0.25) is 0 Å². The van der Waals surface area contributed by atoms with Gasteiger partial charge in [-0.25, -0.2) is 4.98 Å². The number of nitrogens with zero attached hydrogens (tertiary/aromatic N) is 2. The van der Waals surface area contributed by atoms with Crippen molar-refractivity contribution in [3.05, 3.63) is 32.6 Å². The SMILES string of the molecule is Brc1ccc2c(c1)OCCCn1cc(I)nc1-2. The van der Waals surface area contributed by atoms with Crippen LogP contribution in [0.25, 0.3) is 11.4 Å². The van der Waals surface area contributed by atoms with Crippen LogP contribution in [0.15, 0.2) is 28.9 Å². The summed E-state index contributed by atoms with van der Waals surface area (Å²) < 4.78 is 10.0. The molecular formula is C12H10BrIN2O. The summed E-state index contributed by atoms with van der Waals surface area (Å²) in [4.78, 5) is 4.58. The number of ether oxygens (including phenoxy) is 1. The Bertz CT molecular complexity index is 568. The maximum Gasteiger partial charge on any atom is 0.144 e. The molecule has 0 fully saturated rings. The largest absolute Gasteiger partial charge is 0.493 e. The molecule has 2 aromatic rings. The molecule has 1 aliphatic heterocycles. The normalized spacial score (nSPS) is 14.2. The summed E-state index contributed by atoms with van der Waals surface area (Å²) in [6.07, 6.45) is 3.10. The van der Waals surface area contributed by atoms with Gasteiger partial charge in [0, 0.05) is 17.2 Å². The molecule has 0 saturated carbocycles. The molecule has 17 heavy (non-hydrogen) atoms. The minimum absolute atomic E-state index is 0.748. The van der Waals surface area contributed by atoms with E-state index in [1.54, 1.807) is 0 Å². The maximum atomic E-state index is 5.79. The summed E-state index contributed by atoms with van der Waals surface area (Å²) in [7, 11) is 0. The van der Waals surface area contributed by atoms with Crippen LogP contribution in [0.3, 0.4) is 0 Å². The molecule has 3 nitrogen and oxygen atoms in total. The first kappa shape index (κ1) is 11.5. The Morgan fingerprint density at radius 1 is 1.41 bits per heavy atom. The number of aromatic nitrogens is 2. The molecule has 2 heterocycles. The van der Waals surface area contributed by atoms with Gasteiger partial charge in [0.1, 0.15) is 15.3 Å². The highest BCUT2D eigenvalue weighted by molar-refractivity contribution is 14.1. The fraction of sp³-hybridized carbons (Fsp3) is 0.250. The van der Waals surface area contributed by atoms with Crippen molar-refractivity contribution in [2.24, 2.45) is 0 Å². The Balaban J connectivity index is 2.21. The van der Waals surface area contributed by atoms with Gasteiger partial charge in [-0.05, 0) is 47.2 Å². The van der Waals surface area contributed by atoms with E-state index in [2.05, 4.69) is 60.3 Å². The van der Waals surface area contributed by atoms with Crippen LogP contribution in [0.1, 0.15) is 6.42 Å². The predicted molar refractivity (Wildman–Crippen MR) is 78.2 cm³/mol. The van der Waals surface area contributed by atoms with E-state index in [1.807, 2.05) is 12.1 Å². The zero-order chi connectivity index (χ0) is 11.8. The third-order valence-corrected chi connectivity index (χ3v) is 3.75. The molecule has 0 amide bonds. The van der Waals surface area contributed by atoms with Crippen molar-refractivity contribution in [2.45, 2.75) is 13.0 Å². The van der Waals surface area contributed by atoms with Crippen molar-refractivity contribution in [3.8, 4) is 17.1 Å². The summed E-state index contributed by atoms with van der Waals surface area (Å²) >= 11 is 5.72. The summed E-state index contributed by atoms with van der Waals surface area (Å²) in [5.41, 5.74) is 1.07. The van der Waals surface area contributed by atoms with Gasteiger partial charge >= 0.3 is 0 Å². The number of rotatable bonds is 0. The lowest BCUT2D eigenvalue weighted by Gasteiger charge is -2.16. The molecule has 5 heteroatoms. The average Bonchev–Trinajstić information content (AvgIpc) is 2.63. The number of halogens is 2. The van der Waals surface area contributed by atoms with Gasteiger partial charge < -0.3 is 9.30 Å². The van der Waals surface area contributed by atoms with Crippen molar-refractivity contribution >= 4 is 38.5 Å². The molecule has 1 aromatic heterocycles. The van der Waals surface area contributed by atoms with Crippen LogP contribution < -0.4 is 4.74 Å². The molecule has 0 unspecified atom stereocenters. The van der Waals surface area contributed by atoms with E-state index in [0.29, 0.717) is 0 Å². The van der Waals surface area contributed by atoms with Crippen LogP contribution in [-0.4, -0.2) is 16.2 Å². The van der Waals surface area contributed by atoms with Gasteiger partial charge in [0.05, 0.1) is 12.2 Å². The molecule has 0 saturated heterocycles. The van der Waals surface area contributed by atoms with Crippen LogP contribution >= 0.6 is 38.5 Å². The molecule has 1 aliphatic rings. The number of aryl methyl sites for hydroxylation is 1. The Kier molecular flexibility index (Phi) is 3.12. The summed E-state index contributed by atoms with van der Waals surface area (Å²) in [6, 6.07) is 6.09. The van der Waals surface area contributed by atoms with Crippen LogP contribution in [-0.2, 0) is 6.54 Å². The molecule has 0 aliphatic carbocycles. The number of fused-ring (bicyclic) bond motifs is 3. The smallest absolute Gasteiger partial charge is 0.144 e. The van der Waals surface area contributed by atoms with E-state index < -0.39 is 0 Å². The number of hydrogen-bond acceptors (Lipinski definition) is 2. The second-order valence-corrected chi connectivity index (χ2v) is 5.94. The van der Waals surface area contributed by atoms with Crippen molar-refractivity contribution in [2.75, 3.05) is 6.61 Å². The number of benzene rings is 1. The standard InChI is InChI=1S/C12H10BrIN2O/c13-8-2-3-9-10(6-8)17-5-1-4-16-7-11(14)15-12(9)16/h2-3,6-7H,1,4-5H2. The third kappa shape index (κ3) is 2.22. The molecular weight excluding hydrogens is 395 g/mol. The van der Waals surface area contributed by atoms with E-state index in [9.17, 15) is 0 Å². The Morgan fingerprint density at radius 3 is 3.18 bits per heavy atom. The van der Waals surface area contributed by atoms with Gasteiger partial charge in [-0.2, -0.15) is 0 Å². The van der Waals surface area contributed by atoms with Gasteiger partial charge in [-0.1, -0.05) is 15.9 Å². The molecule has 3 rings (SSSR count).